The van der Waals surface area contributed by atoms with Gasteiger partial charge in [0.05, 0.1) is 13.2 Å². The van der Waals surface area contributed by atoms with E-state index in [0.29, 0.717) is 0 Å². The lowest BCUT2D eigenvalue weighted by atomic mass is 9.87. The standard InChI is InChI=1S/C19H23FN4O/c20-17-4-1-3-16(11-17)12-23-9-10-25-15-19(13-23)5-8-24(14-19)18-21-6-2-7-22-18/h1-4,6-7,11H,5,8-10,12-15H2/t19-/m0/s1. The molecule has 0 radical (unpaired) electrons. The van der Waals surface area contributed by atoms with E-state index in [1.807, 2.05) is 12.1 Å². The summed E-state index contributed by atoms with van der Waals surface area (Å²) in [6, 6.07) is 8.71. The Balaban J connectivity index is 1.46. The molecule has 0 amide bonds. The number of benzene rings is 1. The summed E-state index contributed by atoms with van der Waals surface area (Å²) in [5.41, 5.74) is 1.10. The number of ether oxygens (including phenoxy) is 1. The van der Waals surface area contributed by atoms with E-state index >= 15 is 0 Å². The molecule has 0 aliphatic carbocycles. The lowest BCUT2D eigenvalue weighted by Gasteiger charge is -2.31. The molecule has 0 N–H and O–H groups in total. The molecule has 4 rings (SSSR count). The summed E-state index contributed by atoms with van der Waals surface area (Å²) in [5, 5.41) is 0. The topological polar surface area (TPSA) is 41.5 Å². The second kappa shape index (κ2) is 7.06. The van der Waals surface area contributed by atoms with Crippen LogP contribution in [-0.2, 0) is 11.3 Å². The lowest BCUT2D eigenvalue weighted by molar-refractivity contribution is 0.0798. The molecule has 3 heterocycles. The SMILES string of the molecule is Fc1cccc(CN2CCOC[C@@]3(CCN(c4ncccn4)C3)C2)c1. The first kappa shape index (κ1) is 16.4. The van der Waals surface area contributed by atoms with Gasteiger partial charge in [-0.3, -0.25) is 4.90 Å². The quantitative estimate of drug-likeness (QED) is 0.856. The fraction of sp³-hybridized carbons (Fsp3) is 0.474. The maximum atomic E-state index is 13.5. The van der Waals surface area contributed by atoms with E-state index in [0.717, 1.165) is 63.9 Å². The third-order valence-corrected chi connectivity index (χ3v) is 5.09. The molecule has 2 saturated heterocycles. The van der Waals surface area contributed by atoms with Gasteiger partial charge in [-0.15, -0.1) is 0 Å². The van der Waals surface area contributed by atoms with Crippen molar-refractivity contribution in [1.29, 1.82) is 0 Å². The number of halogens is 1. The van der Waals surface area contributed by atoms with E-state index in [-0.39, 0.29) is 11.2 Å². The average Bonchev–Trinajstić information content (AvgIpc) is 2.93. The molecular formula is C19H23FN4O. The molecule has 6 heteroatoms. The minimum absolute atomic E-state index is 0.0863. The number of hydrogen-bond donors (Lipinski definition) is 0. The minimum Gasteiger partial charge on any atom is -0.379 e. The summed E-state index contributed by atoms with van der Waals surface area (Å²) in [7, 11) is 0. The Morgan fingerprint density at radius 1 is 1.12 bits per heavy atom. The molecular weight excluding hydrogens is 319 g/mol. The highest BCUT2D eigenvalue weighted by Crippen LogP contribution is 2.35. The van der Waals surface area contributed by atoms with Crippen LogP contribution < -0.4 is 4.90 Å². The second-order valence-electron chi connectivity index (χ2n) is 7.11. The van der Waals surface area contributed by atoms with Crippen molar-refractivity contribution in [2.75, 3.05) is 44.3 Å². The van der Waals surface area contributed by atoms with Crippen molar-refractivity contribution >= 4 is 5.95 Å². The van der Waals surface area contributed by atoms with Crippen LogP contribution in [0.4, 0.5) is 10.3 Å². The van der Waals surface area contributed by atoms with Crippen molar-refractivity contribution in [2.45, 2.75) is 13.0 Å². The smallest absolute Gasteiger partial charge is 0.225 e. The van der Waals surface area contributed by atoms with Gasteiger partial charge < -0.3 is 9.64 Å². The van der Waals surface area contributed by atoms with Crippen LogP contribution in [0.2, 0.25) is 0 Å². The van der Waals surface area contributed by atoms with E-state index in [4.69, 9.17) is 4.74 Å². The molecule has 1 spiro atoms. The summed E-state index contributed by atoms with van der Waals surface area (Å²) in [6.07, 6.45) is 4.63. The average molecular weight is 342 g/mol. The number of anilines is 1. The first-order chi connectivity index (χ1) is 12.2. The third-order valence-electron chi connectivity index (χ3n) is 5.09. The van der Waals surface area contributed by atoms with Crippen LogP contribution in [0.5, 0.6) is 0 Å². The third kappa shape index (κ3) is 3.80. The Hall–Kier alpha value is -2.05. The van der Waals surface area contributed by atoms with Crippen molar-refractivity contribution in [3.8, 4) is 0 Å². The highest BCUT2D eigenvalue weighted by molar-refractivity contribution is 5.32. The van der Waals surface area contributed by atoms with Crippen LogP contribution in [0.15, 0.2) is 42.7 Å². The summed E-state index contributed by atoms with van der Waals surface area (Å²) >= 11 is 0. The first-order valence-electron chi connectivity index (χ1n) is 8.79. The summed E-state index contributed by atoms with van der Waals surface area (Å²) in [5.74, 6) is 0.617. The zero-order chi connectivity index (χ0) is 17.1. The van der Waals surface area contributed by atoms with Crippen molar-refractivity contribution in [3.05, 3.63) is 54.1 Å². The summed E-state index contributed by atoms with van der Waals surface area (Å²) < 4.78 is 19.4. The molecule has 1 aromatic carbocycles. The zero-order valence-electron chi connectivity index (χ0n) is 14.3. The van der Waals surface area contributed by atoms with Crippen molar-refractivity contribution in [3.63, 3.8) is 0 Å². The number of nitrogens with zero attached hydrogens (tertiary/aromatic N) is 4. The molecule has 0 unspecified atom stereocenters. The molecule has 5 nitrogen and oxygen atoms in total. The Morgan fingerprint density at radius 2 is 2.00 bits per heavy atom. The fourth-order valence-electron chi connectivity index (χ4n) is 3.92. The maximum absolute atomic E-state index is 13.5. The number of rotatable bonds is 3. The van der Waals surface area contributed by atoms with E-state index in [9.17, 15) is 4.39 Å². The van der Waals surface area contributed by atoms with E-state index in [1.54, 1.807) is 24.5 Å². The normalized spacial score (nSPS) is 24.6. The highest BCUT2D eigenvalue weighted by Gasteiger charge is 2.41. The molecule has 0 saturated carbocycles. The first-order valence-corrected chi connectivity index (χ1v) is 8.79. The molecule has 1 atom stereocenters. The van der Waals surface area contributed by atoms with Crippen LogP contribution in [-0.4, -0.2) is 54.3 Å². The highest BCUT2D eigenvalue weighted by atomic mass is 19.1. The van der Waals surface area contributed by atoms with E-state index in [1.165, 1.54) is 6.07 Å². The van der Waals surface area contributed by atoms with Gasteiger partial charge in [0, 0.05) is 50.5 Å². The minimum atomic E-state index is -0.174. The van der Waals surface area contributed by atoms with Gasteiger partial charge in [-0.2, -0.15) is 0 Å². The molecule has 2 aliphatic rings. The Morgan fingerprint density at radius 3 is 2.84 bits per heavy atom. The number of aromatic nitrogens is 2. The predicted octanol–water partition coefficient (Wildman–Crippen LogP) is 2.34. The number of hydrogen-bond acceptors (Lipinski definition) is 5. The molecule has 1 aromatic heterocycles. The molecule has 2 fully saturated rings. The van der Waals surface area contributed by atoms with Gasteiger partial charge in [-0.05, 0) is 30.2 Å². The van der Waals surface area contributed by atoms with Gasteiger partial charge in [0.25, 0.3) is 0 Å². The lowest BCUT2D eigenvalue weighted by Crippen LogP contribution is -2.40. The van der Waals surface area contributed by atoms with Crippen LogP contribution in [0.1, 0.15) is 12.0 Å². The van der Waals surface area contributed by atoms with Gasteiger partial charge in [-0.1, -0.05) is 12.1 Å². The second-order valence-corrected chi connectivity index (χ2v) is 7.11. The van der Waals surface area contributed by atoms with Gasteiger partial charge >= 0.3 is 0 Å². The van der Waals surface area contributed by atoms with Crippen LogP contribution >= 0.6 is 0 Å². The van der Waals surface area contributed by atoms with E-state index < -0.39 is 0 Å². The van der Waals surface area contributed by atoms with Crippen LogP contribution in [0, 0.1) is 11.2 Å². The summed E-state index contributed by atoms with van der Waals surface area (Å²) in [4.78, 5) is 13.4. The molecule has 132 valence electrons. The van der Waals surface area contributed by atoms with Crippen molar-refractivity contribution in [1.82, 2.24) is 14.9 Å². The van der Waals surface area contributed by atoms with Gasteiger partial charge in [0.15, 0.2) is 0 Å². The maximum Gasteiger partial charge on any atom is 0.225 e. The monoisotopic (exact) mass is 342 g/mol. The fourth-order valence-corrected chi connectivity index (χ4v) is 3.92. The zero-order valence-corrected chi connectivity index (χ0v) is 14.3. The predicted molar refractivity (Wildman–Crippen MR) is 93.8 cm³/mol. The van der Waals surface area contributed by atoms with Crippen LogP contribution in [0.25, 0.3) is 0 Å². The summed E-state index contributed by atoms with van der Waals surface area (Å²) in [6.45, 7) is 5.91. The largest absolute Gasteiger partial charge is 0.379 e. The van der Waals surface area contributed by atoms with Crippen LogP contribution in [0.3, 0.4) is 0 Å². The van der Waals surface area contributed by atoms with Gasteiger partial charge in [-0.25, -0.2) is 14.4 Å². The van der Waals surface area contributed by atoms with Crippen molar-refractivity contribution in [2.24, 2.45) is 5.41 Å². The Labute approximate surface area is 147 Å². The molecule has 2 aliphatic heterocycles. The Bertz CT molecular complexity index is 714. The molecule has 2 aromatic rings. The molecule has 25 heavy (non-hydrogen) atoms. The molecule has 0 bridgehead atoms. The van der Waals surface area contributed by atoms with Gasteiger partial charge in [0.2, 0.25) is 5.95 Å². The Kier molecular flexibility index (Phi) is 4.63. The van der Waals surface area contributed by atoms with Gasteiger partial charge in [0.1, 0.15) is 5.82 Å². The van der Waals surface area contributed by atoms with E-state index in [2.05, 4.69) is 19.8 Å². The van der Waals surface area contributed by atoms with Crippen molar-refractivity contribution < 1.29 is 9.13 Å².